The lowest BCUT2D eigenvalue weighted by Gasteiger charge is -2.22. The summed E-state index contributed by atoms with van der Waals surface area (Å²) in [5.41, 5.74) is -0.372. The van der Waals surface area contributed by atoms with Gasteiger partial charge >= 0.3 is 0 Å². The van der Waals surface area contributed by atoms with E-state index in [1.807, 2.05) is 0 Å². The fraction of sp³-hybridized carbons (Fsp3) is 0.429. The molecule has 0 aliphatic heterocycles. The molecular formula is C14H15FN2O. The number of nitriles is 1. The molecule has 0 bridgehead atoms. The first-order valence-electron chi connectivity index (χ1n) is 6.11. The lowest BCUT2D eigenvalue weighted by molar-refractivity contribution is -0.121. The highest BCUT2D eigenvalue weighted by Crippen LogP contribution is 2.28. The summed E-state index contributed by atoms with van der Waals surface area (Å²) < 4.78 is 13.4. The number of rotatable bonds is 3. The summed E-state index contributed by atoms with van der Waals surface area (Å²) >= 11 is 0. The molecule has 1 aliphatic rings. The Balaban J connectivity index is 2.01. The van der Waals surface area contributed by atoms with Gasteiger partial charge in [-0.1, -0.05) is 18.2 Å². The first-order valence-corrected chi connectivity index (χ1v) is 6.11. The second kappa shape index (κ2) is 5.18. The van der Waals surface area contributed by atoms with Gasteiger partial charge in [0.2, 0.25) is 5.91 Å². The quantitative estimate of drug-likeness (QED) is 0.889. The molecule has 0 radical (unpaired) electrons. The van der Waals surface area contributed by atoms with Crippen LogP contribution in [0.15, 0.2) is 24.3 Å². The Labute approximate surface area is 106 Å². The maximum atomic E-state index is 13.4. The summed E-state index contributed by atoms with van der Waals surface area (Å²) in [6, 6.07) is 8.38. The molecule has 1 amide bonds. The highest BCUT2D eigenvalue weighted by atomic mass is 19.1. The number of halogens is 1. The van der Waals surface area contributed by atoms with E-state index in [0.717, 1.165) is 12.8 Å². The summed E-state index contributed by atoms with van der Waals surface area (Å²) in [5.74, 6) is -0.673. The molecule has 2 rings (SSSR count). The number of hydrogen-bond donors (Lipinski definition) is 1. The lowest BCUT2D eigenvalue weighted by atomic mass is 9.99. The zero-order valence-corrected chi connectivity index (χ0v) is 10.1. The Morgan fingerprint density at radius 3 is 2.67 bits per heavy atom. The van der Waals surface area contributed by atoms with Crippen LogP contribution in [-0.2, 0) is 11.2 Å². The van der Waals surface area contributed by atoms with E-state index in [9.17, 15) is 9.18 Å². The molecule has 1 aromatic carbocycles. The highest BCUT2D eigenvalue weighted by Gasteiger charge is 2.35. The van der Waals surface area contributed by atoms with Gasteiger partial charge in [-0.05, 0) is 37.3 Å². The van der Waals surface area contributed by atoms with Gasteiger partial charge in [0.25, 0.3) is 0 Å². The minimum absolute atomic E-state index is 0.0178. The van der Waals surface area contributed by atoms with E-state index in [4.69, 9.17) is 5.26 Å². The van der Waals surface area contributed by atoms with Gasteiger partial charge in [-0.15, -0.1) is 0 Å². The Hall–Kier alpha value is -1.89. The molecule has 1 N–H and O–H groups in total. The van der Waals surface area contributed by atoms with Crippen molar-refractivity contribution in [3.05, 3.63) is 35.6 Å². The molecular weight excluding hydrogens is 231 g/mol. The number of nitrogens with zero attached hydrogens (tertiary/aromatic N) is 1. The van der Waals surface area contributed by atoms with Gasteiger partial charge in [0.05, 0.1) is 12.5 Å². The van der Waals surface area contributed by atoms with Crippen LogP contribution in [0.5, 0.6) is 0 Å². The number of hydrogen-bond acceptors (Lipinski definition) is 2. The number of nitrogens with one attached hydrogen (secondary N) is 1. The van der Waals surface area contributed by atoms with Crippen molar-refractivity contribution in [1.82, 2.24) is 5.32 Å². The SMILES string of the molecule is N#CC1(NC(=O)Cc2ccccc2F)CCCC1. The fourth-order valence-electron chi connectivity index (χ4n) is 2.37. The molecule has 94 valence electrons. The zero-order chi connectivity index (χ0) is 13.0. The van der Waals surface area contributed by atoms with Gasteiger partial charge in [0.15, 0.2) is 0 Å². The van der Waals surface area contributed by atoms with Crippen molar-refractivity contribution in [2.24, 2.45) is 0 Å². The van der Waals surface area contributed by atoms with Gasteiger partial charge in [-0.2, -0.15) is 5.26 Å². The summed E-state index contributed by atoms with van der Waals surface area (Å²) in [6.07, 6.45) is 3.26. The van der Waals surface area contributed by atoms with E-state index in [1.165, 1.54) is 6.07 Å². The second-order valence-electron chi connectivity index (χ2n) is 4.72. The van der Waals surface area contributed by atoms with Gasteiger partial charge in [0.1, 0.15) is 11.4 Å². The van der Waals surface area contributed by atoms with E-state index >= 15 is 0 Å². The Morgan fingerprint density at radius 2 is 2.06 bits per heavy atom. The molecule has 0 aromatic heterocycles. The highest BCUT2D eigenvalue weighted by molar-refractivity contribution is 5.79. The van der Waals surface area contributed by atoms with Gasteiger partial charge in [-0.25, -0.2) is 4.39 Å². The average Bonchev–Trinajstić information content (AvgIpc) is 2.81. The normalized spacial score (nSPS) is 17.1. The first-order chi connectivity index (χ1) is 8.65. The summed E-state index contributed by atoms with van der Waals surface area (Å²) in [4.78, 5) is 11.9. The van der Waals surface area contributed by atoms with Crippen molar-refractivity contribution in [1.29, 1.82) is 5.26 Å². The standard InChI is InChI=1S/C14H15FN2O/c15-12-6-2-1-5-11(12)9-13(18)17-14(10-16)7-3-4-8-14/h1-2,5-6H,3-4,7-9H2,(H,17,18). The predicted octanol–water partition coefficient (Wildman–Crippen LogP) is 2.32. The van der Waals surface area contributed by atoms with Crippen LogP contribution in [0.4, 0.5) is 4.39 Å². The average molecular weight is 246 g/mol. The Morgan fingerprint density at radius 1 is 1.39 bits per heavy atom. The minimum Gasteiger partial charge on any atom is -0.338 e. The van der Waals surface area contributed by atoms with Crippen LogP contribution in [0.1, 0.15) is 31.2 Å². The minimum atomic E-state index is -0.734. The number of carbonyl (C=O) groups is 1. The van der Waals surface area contributed by atoms with Crippen LogP contribution >= 0.6 is 0 Å². The molecule has 0 heterocycles. The molecule has 1 fully saturated rings. The monoisotopic (exact) mass is 246 g/mol. The molecule has 1 saturated carbocycles. The molecule has 4 heteroatoms. The largest absolute Gasteiger partial charge is 0.338 e. The molecule has 0 spiro atoms. The summed E-state index contributed by atoms with van der Waals surface area (Å²) in [6.45, 7) is 0. The fourth-order valence-corrected chi connectivity index (χ4v) is 2.37. The van der Waals surface area contributed by atoms with Crippen LogP contribution in [0.25, 0.3) is 0 Å². The van der Waals surface area contributed by atoms with Crippen molar-refractivity contribution in [2.75, 3.05) is 0 Å². The van der Waals surface area contributed by atoms with Gasteiger partial charge in [-0.3, -0.25) is 4.79 Å². The van der Waals surface area contributed by atoms with E-state index in [-0.39, 0.29) is 18.1 Å². The Kier molecular flexibility index (Phi) is 3.61. The van der Waals surface area contributed by atoms with E-state index < -0.39 is 5.54 Å². The maximum Gasteiger partial charge on any atom is 0.225 e. The van der Waals surface area contributed by atoms with Crippen molar-refractivity contribution < 1.29 is 9.18 Å². The maximum absolute atomic E-state index is 13.4. The van der Waals surface area contributed by atoms with E-state index in [2.05, 4.69) is 11.4 Å². The van der Waals surface area contributed by atoms with E-state index in [0.29, 0.717) is 18.4 Å². The summed E-state index contributed by atoms with van der Waals surface area (Å²) in [5, 5.41) is 11.9. The number of carbonyl (C=O) groups excluding carboxylic acids is 1. The molecule has 1 aromatic rings. The van der Waals surface area contributed by atoms with Crippen molar-refractivity contribution >= 4 is 5.91 Å². The van der Waals surface area contributed by atoms with Crippen molar-refractivity contribution in [3.63, 3.8) is 0 Å². The smallest absolute Gasteiger partial charge is 0.225 e. The third-order valence-corrected chi connectivity index (χ3v) is 3.36. The van der Waals surface area contributed by atoms with Crippen LogP contribution < -0.4 is 5.32 Å². The number of benzene rings is 1. The molecule has 0 saturated heterocycles. The Bertz CT molecular complexity index is 487. The molecule has 0 atom stereocenters. The molecule has 18 heavy (non-hydrogen) atoms. The molecule has 0 unspecified atom stereocenters. The van der Waals surface area contributed by atoms with Gasteiger partial charge < -0.3 is 5.32 Å². The summed E-state index contributed by atoms with van der Waals surface area (Å²) in [7, 11) is 0. The second-order valence-corrected chi connectivity index (χ2v) is 4.72. The van der Waals surface area contributed by atoms with Crippen molar-refractivity contribution in [2.45, 2.75) is 37.6 Å². The third-order valence-electron chi connectivity index (χ3n) is 3.36. The van der Waals surface area contributed by atoms with Crippen LogP contribution in [0.2, 0.25) is 0 Å². The zero-order valence-electron chi connectivity index (χ0n) is 10.1. The van der Waals surface area contributed by atoms with Crippen LogP contribution in [0, 0.1) is 17.1 Å². The molecule has 1 aliphatic carbocycles. The third kappa shape index (κ3) is 2.67. The molecule has 3 nitrogen and oxygen atoms in total. The van der Waals surface area contributed by atoms with Crippen LogP contribution in [0.3, 0.4) is 0 Å². The van der Waals surface area contributed by atoms with E-state index in [1.54, 1.807) is 18.2 Å². The van der Waals surface area contributed by atoms with Crippen molar-refractivity contribution in [3.8, 4) is 6.07 Å². The first kappa shape index (κ1) is 12.6. The topological polar surface area (TPSA) is 52.9 Å². The lowest BCUT2D eigenvalue weighted by Crippen LogP contribution is -2.45. The van der Waals surface area contributed by atoms with Crippen LogP contribution in [-0.4, -0.2) is 11.4 Å². The number of amides is 1. The van der Waals surface area contributed by atoms with Gasteiger partial charge in [0, 0.05) is 0 Å². The predicted molar refractivity (Wildman–Crippen MR) is 65.1 cm³/mol.